The van der Waals surface area contributed by atoms with Crippen LogP contribution in [0.5, 0.6) is 5.75 Å². The Labute approximate surface area is 304 Å². The molecule has 0 spiro atoms. The molecule has 1 saturated heterocycles. The van der Waals surface area contributed by atoms with Gasteiger partial charge in [0, 0.05) is 34.2 Å². The molecule has 3 aromatic rings. The van der Waals surface area contributed by atoms with E-state index in [-0.39, 0.29) is 52.1 Å². The number of carbonyl (C=O) groups excluding carboxylic acids is 2. The lowest BCUT2D eigenvalue weighted by Gasteiger charge is -2.57. The Morgan fingerprint density at radius 2 is 1.69 bits per heavy atom. The molecule has 13 nitrogen and oxygen atoms in total. The number of fused-ring (bicyclic) bond motifs is 1. The van der Waals surface area contributed by atoms with Crippen LogP contribution in [0.4, 0.5) is 20.3 Å². The van der Waals surface area contributed by atoms with Gasteiger partial charge in [0.2, 0.25) is 0 Å². The van der Waals surface area contributed by atoms with Crippen LogP contribution in [0.15, 0.2) is 36.4 Å². The van der Waals surface area contributed by atoms with E-state index in [1.54, 1.807) is 0 Å². The number of hydrogen-bond acceptors (Lipinski definition) is 11. The number of hydrogen-bond donors (Lipinski definition) is 7. The number of primary amides is 1. The molecule has 3 heterocycles. The smallest absolute Gasteiger partial charge is 0.265 e. The maximum atomic E-state index is 14.0. The molecule has 2 aliphatic heterocycles. The number of amides is 2. The van der Waals surface area contributed by atoms with Gasteiger partial charge in [-0.1, -0.05) is 12.1 Å². The third-order valence-corrected chi connectivity index (χ3v) is 9.27. The van der Waals surface area contributed by atoms with Gasteiger partial charge in [-0.2, -0.15) is 0 Å². The zero-order chi connectivity index (χ0) is 38.6. The number of rotatable bonds is 11. The number of nitrogens with zero attached hydrogens (tertiary/aromatic N) is 3. The van der Waals surface area contributed by atoms with Crippen molar-refractivity contribution in [1.29, 1.82) is 5.41 Å². The molecule has 1 aromatic heterocycles. The summed E-state index contributed by atoms with van der Waals surface area (Å²) in [6, 6.07) is 7.07. The van der Waals surface area contributed by atoms with Gasteiger partial charge in [-0.3, -0.25) is 9.59 Å². The number of halogens is 2. The Bertz CT molecular complexity index is 1910. The van der Waals surface area contributed by atoms with E-state index in [9.17, 15) is 38.8 Å². The predicted molar refractivity (Wildman–Crippen MR) is 191 cm³/mol. The van der Waals surface area contributed by atoms with Gasteiger partial charge in [0.1, 0.15) is 56.4 Å². The molecule has 2 aliphatic rings. The van der Waals surface area contributed by atoms with Crippen LogP contribution in [0.1, 0.15) is 40.0 Å². The van der Waals surface area contributed by atoms with Gasteiger partial charge < -0.3 is 51.4 Å². The van der Waals surface area contributed by atoms with Crippen molar-refractivity contribution in [3.05, 3.63) is 70.4 Å². The molecule has 0 saturated carbocycles. The summed E-state index contributed by atoms with van der Waals surface area (Å²) in [5.74, 6) is -4.15. The van der Waals surface area contributed by atoms with Crippen LogP contribution < -0.4 is 20.7 Å². The first-order chi connectivity index (χ1) is 24.1. The fraction of sp³-hybridized carbons (Fsp3) is 0.375. The monoisotopic (exact) mass is 704 g/mol. The lowest BCUT2D eigenvalue weighted by molar-refractivity contribution is -0.207. The van der Waals surface area contributed by atoms with Gasteiger partial charge in [-0.25, -0.2) is 13.8 Å². The molecular weight excluding hydrogens is 672 g/mol. The van der Waals surface area contributed by atoms with Gasteiger partial charge in [0.25, 0.3) is 11.8 Å². The van der Waals surface area contributed by atoms with Crippen molar-refractivity contribution >= 4 is 68.8 Å². The minimum absolute atomic E-state index is 0.0605. The molecule has 8 N–H and O–H groups in total. The lowest BCUT2D eigenvalue weighted by atomic mass is 9.36. The average molecular weight is 704 g/mol. The molecule has 2 amide bonds. The number of likely N-dealkylation sites (tertiary alicyclic amines) is 1. The maximum Gasteiger partial charge on any atom is 0.265 e. The summed E-state index contributed by atoms with van der Waals surface area (Å²) in [6.07, 6.45) is 2.00. The van der Waals surface area contributed by atoms with Crippen LogP contribution in [0.25, 0.3) is 11.1 Å². The Morgan fingerprint density at radius 1 is 1.06 bits per heavy atom. The molecule has 1 unspecified atom stereocenters. The minimum Gasteiger partial charge on any atom is -0.482 e. The molecule has 10 radical (unpaired) electrons. The standard InChI is InChI=1S/C32H31B5F2N6O7/c1-44-8-6-17(7-9-44)42-28-18(12-40)24(25(27(41)47)26(43-28)29(33,48)30(49,31(34,35)50)32(36,37)51)16-3-5-21-22(11-16)52-14-23(46)45(21)13-15-2-4-19(38)20(39)10-15/h2-5,10-12,17,40,48-51H,6-9,13-14H2,1H3,(H2,41,47)(H,42,43). The van der Waals surface area contributed by atoms with Crippen LogP contribution >= 0.6 is 0 Å². The van der Waals surface area contributed by atoms with Gasteiger partial charge in [-0.15, -0.1) is 0 Å². The quantitative estimate of drug-likeness (QED) is 0.0916. The SMILES string of the molecule is [B]C([B])(O)C(O)(C([B])([B])O)C([B])(O)c1nc(NC2CCN(C)CC2)c(C=N)c(-c2ccc3c(c2)OCC(=O)N3Cc2ccc(F)c(F)c2)c1C(N)=O. The van der Waals surface area contributed by atoms with Crippen molar-refractivity contribution in [2.24, 2.45) is 5.73 Å². The van der Waals surface area contributed by atoms with Crippen LogP contribution in [0.3, 0.4) is 0 Å². The Morgan fingerprint density at radius 3 is 2.25 bits per heavy atom. The second-order valence-electron chi connectivity index (χ2n) is 13.0. The summed E-state index contributed by atoms with van der Waals surface area (Å²) < 4.78 is 33.3. The average Bonchev–Trinajstić information content (AvgIpc) is 3.06. The molecular formula is C32H31B5F2N6O7. The number of benzene rings is 2. The third kappa shape index (κ3) is 6.85. The van der Waals surface area contributed by atoms with Gasteiger partial charge in [0.15, 0.2) is 18.2 Å². The first-order valence-electron chi connectivity index (χ1n) is 15.8. The van der Waals surface area contributed by atoms with E-state index in [0.29, 0.717) is 25.9 Å². The van der Waals surface area contributed by atoms with Crippen LogP contribution in [0.2, 0.25) is 0 Å². The molecule has 20 heteroatoms. The van der Waals surface area contributed by atoms with E-state index in [1.807, 2.05) is 7.05 Å². The number of anilines is 2. The minimum atomic E-state index is -3.89. The molecule has 5 rings (SSSR count). The highest BCUT2D eigenvalue weighted by atomic mass is 19.2. The van der Waals surface area contributed by atoms with Crippen LogP contribution in [-0.4, -0.2) is 137 Å². The van der Waals surface area contributed by atoms with Gasteiger partial charge in [-0.05, 0) is 68.4 Å². The van der Waals surface area contributed by atoms with E-state index in [0.717, 1.165) is 18.3 Å². The number of piperidine rings is 1. The number of nitrogens with two attached hydrogens (primary N) is 1. The van der Waals surface area contributed by atoms with E-state index in [4.69, 9.17) is 55.1 Å². The van der Waals surface area contributed by atoms with Crippen molar-refractivity contribution in [2.45, 2.75) is 47.3 Å². The van der Waals surface area contributed by atoms with E-state index >= 15 is 0 Å². The largest absolute Gasteiger partial charge is 0.482 e. The fourth-order valence-electron chi connectivity index (χ4n) is 6.47. The number of ether oxygens (including phenoxy) is 1. The zero-order valence-electron chi connectivity index (χ0n) is 27.9. The Kier molecular flexibility index (Phi) is 10.5. The number of pyridine rings is 1. The topological polar surface area (TPSA) is 206 Å². The number of nitrogens with one attached hydrogen (secondary N) is 2. The van der Waals surface area contributed by atoms with Crippen molar-refractivity contribution < 1.29 is 43.5 Å². The number of aliphatic hydroxyl groups is 4. The van der Waals surface area contributed by atoms with Gasteiger partial charge >= 0.3 is 0 Å². The highest BCUT2D eigenvalue weighted by Crippen LogP contribution is 2.46. The molecule has 52 heavy (non-hydrogen) atoms. The second kappa shape index (κ2) is 14.0. The predicted octanol–water partition coefficient (Wildman–Crippen LogP) is -1.43. The summed E-state index contributed by atoms with van der Waals surface area (Å²) >= 11 is 0. The normalized spacial score (nSPS) is 17.2. The second-order valence-corrected chi connectivity index (χ2v) is 13.0. The van der Waals surface area contributed by atoms with Crippen molar-refractivity contribution in [2.75, 3.05) is 37.0 Å². The first kappa shape index (κ1) is 39.0. The summed E-state index contributed by atoms with van der Waals surface area (Å²) in [5, 5.41) is 49.0. The summed E-state index contributed by atoms with van der Waals surface area (Å²) in [5.41, 5.74) is -3.26. The van der Waals surface area contributed by atoms with Crippen molar-refractivity contribution in [3.63, 3.8) is 0 Å². The molecule has 1 fully saturated rings. The summed E-state index contributed by atoms with van der Waals surface area (Å²) in [7, 11) is 30.4. The van der Waals surface area contributed by atoms with E-state index in [1.165, 1.54) is 29.2 Å². The zero-order valence-corrected chi connectivity index (χ0v) is 27.9. The highest BCUT2D eigenvalue weighted by molar-refractivity contribution is 6.46. The van der Waals surface area contributed by atoms with Crippen LogP contribution in [-0.2, 0) is 16.8 Å². The molecule has 2 aromatic carbocycles. The molecule has 0 bridgehead atoms. The first-order valence-corrected chi connectivity index (χ1v) is 15.8. The highest BCUT2D eigenvalue weighted by Gasteiger charge is 2.63. The van der Waals surface area contributed by atoms with E-state index in [2.05, 4.69) is 15.2 Å². The van der Waals surface area contributed by atoms with Crippen LogP contribution in [0, 0.1) is 17.0 Å². The number of carbonyl (C=O) groups is 2. The van der Waals surface area contributed by atoms with Crippen molar-refractivity contribution in [1.82, 2.24) is 9.88 Å². The molecule has 0 aliphatic carbocycles. The fourth-order valence-corrected chi connectivity index (χ4v) is 6.47. The molecule has 260 valence electrons. The Balaban J connectivity index is 1.76. The number of aromatic nitrogens is 1. The lowest BCUT2D eigenvalue weighted by Crippen LogP contribution is -2.78. The molecule has 1 atom stereocenters. The maximum absolute atomic E-state index is 14.0. The summed E-state index contributed by atoms with van der Waals surface area (Å²) in [4.78, 5) is 34.0. The third-order valence-electron chi connectivity index (χ3n) is 9.27. The van der Waals surface area contributed by atoms with Gasteiger partial charge in [0.05, 0.1) is 29.0 Å². The summed E-state index contributed by atoms with van der Waals surface area (Å²) in [6.45, 7) is 0.687. The van der Waals surface area contributed by atoms with Crippen molar-refractivity contribution in [3.8, 4) is 16.9 Å². The van der Waals surface area contributed by atoms with E-state index < -0.39 is 63.2 Å². The Hall–Kier alpha value is -4.22.